The lowest BCUT2D eigenvalue weighted by Gasteiger charge is -2.29. The van der Waals surface area contributed by atoms with Crippen LogP contribution >= 0.6 is 0 Å². The van der Waals surface area contributed by atoms with Crippen LogP contribution in [0.3, 0.4) is 0 Å². The van der Waals surface area contributed by atoms with Crippen molar-refractivity contribution in [2.45, 2.75) is 113 Å². The summed E-state index contributed by atoms with van der Waals surface area (Å²) in [4.78, 5) is 0. The Kier molecular flexibility index (Phi) is 19.6. The zero-order valence-corrected chi connectivity index (χ0v) is 41.7. The Balaban J connectivity index is 0.936. The van der Waals surface area contributed by atoms with E-state index in [1.807, 2.05) is 170 Å². The van der Waals surface area contributed by atoms with E-state index in [2.05, 4.69) is 0 Å². The normalized spacial score (nSPS) is 26.6. The summed E-state index contributed by atoms with van der Waals surface area (Å²) in [5, 5.41) is 22.7. The zero-order valence-electron chi connectivity index (χ0n) is 41.7. The Labute approximate surface area is 432 Å². The first-order valence-corrected chi connectivity index (χ1v) is 25.0. The van der Waals surface area contributed by atoms with E-state index in [9.17, 15) is 10.2 Å². The smallest absolute Gasteiger partial charge is 0.187 e. The van der Waals surface area contributed by atoms with Gasteiger partial charge in [0.25, 0.3) is 0 Å². The van der Waals surface area contributed by atoms with Crippen LogP contribution in [0.1, 0.15) is 33.4 Å². The fourth-order valence-electron chi connectivity index (χ4n) is 9.11. The summed E-state index contributed by atoms with van der Waals surface area (Å²) in [5.74, 6) is 1.49. The molecule has 74 heavy (non-hydrogen) atoms. The first kappa shape index (κ1) is 53.2. The molecule has 0 radical (unpaired) electrons. The third-order valence-corrected chi connectivity index (χ3v) is 13.1. The van der Waals surface area contributed by atoms with E-state index < -0.39 is 73.8 Å². The first-order chi connectivity index (χ1) is 36.4. The molecular weight excluding hydrogens is 949 g/mol. The number of aliphatic hydroxyl groups excluding tert-OH is 2. The molecule has 3 aliphatic rings. The van der Waals surface area contributed by atoms with Gasteiger partial charge in [-0.2, -0.15) is 0 Å². The maximum absolute atomic E-state index is 11.6. The molecule has 0 saturated carbocycles. The van der Waals surface area contributed by atoms with Crippen LogP contribution in [0.2, 0.25) is 0 Å². The number of methoxy groups -OCH3 is 2. The summed E-state index contributed by atoms with van der Waals surface area (Å²) in [6.45, 7) is 1.68. The third-order valence-electron chi connectivity index (χ3n) is 13.1. The maximum Gasteiger partial charge on any atom is 0.187 e. The van der Waals surface area contributed by atoms with Gasteiger partial charge >= 0.3 is 0 Å². The minimum absolute atomic E-state index is 0.122. The Hall–Kier alpha value is -5.60. The van der Waals surface area contributed by atoms with Crippen molar-refractivity contribution in [1.29, 1.82) is 0 Å². The molecule has 0 unspecified atom stereocenters. The molecule has 3 saturated heterocycles. The van der Waals surface area contributed by atoms with Gasteiger partial charge in [-0.1, -0.05) is 146 Å². The SMILES string of the molecule is COc1ccc(COC[C@H]2O[C@H](OC[C@H]3O[C@H](O)[C@@H](O)[C@@H]3O[C@H]3O[C@H](COCc4ccc(OC)cc4)[C@@H](OCc4ccccc4)[C@@H]3OCc3ccccc3)[C@@H](OCc3ccccc3)[C@@H]2OCc2ccccc2)cc1. The quantitative estimate of drug-likeness (QED) is 0.0516. The van der Waals surface area contributed by atoms with Crippen molar-refractivity contribution in [3.8, 4) is 11.5 Å². The zero-order chi connectivity index (χ0) is 50.9. The van der Waals surface area contributed by atoms with E-state index in [4.69, 9.17) is 61.6 Å². The topological polar surface area (TPSA) is 160 Å². The molecule has 0 amide bonds. The molecule has 6 aromatic rings. The predicted molar refractivity (Wildman–Crippen MR) is 270 cm³/mol. The summed E-state index contributed by atoms with van der Waals surface area (Å²) in [7, 11) is 3.25. The number of rotatable bonds is 27. The second-order valence-electron chi connectivity index (χ2n) is 18.3. The van der Waals surface area contributed by atoms with Crippen molar-refractivity contribution in [1.82, 2.24) is 0 Å². The monoisotopic (exact) mass is 1010 g/mol. The minimum atomic E-state index is -1.61. The van der Waals surface area contributed by atoms with E-state index in [1.165, 1.54) is 0 Å². The fourth-order valence-corrected chi connectivity index (χ4v) is 9.11. The van der Waals surface area contributed by atoms with Crippen LogP contribution < -0.4 is 9.47 Å². The Morgan fingerprint density at radius 3 is 1.11 bits per heavy atom. The summed E-state index contributed by atoms with van der Waals surface area (Å²) in [6, 6.07) is 54.6. The molecule has 392 valence electrons. The molecule has 3 fully saturated rings. The van der Waals surface area contributed by atoms with Crippen LogP contribution in [0.5, 0.6) is 11.5 Å². The van der Waals surface area contributed by atoms with Crippen molar-refractivity contribution >= 4 is 0 Å². The molecule has 3 heterocycles. The molecule has 0 bridgehead atoms. The molecule has 12 atom stereocenters. The van der Waals surface area contributed by atoms with Gasteiger partial charge in [-0.05, 0) is 57.6 Å². The summed E-state index contributed by atoms with van der Waals surface area (Å²) >= 11 is 0. The molecule has 3 aliphatic heterocycles. The molecule has 15 nitrogen and oxygen atoms in total. The molecular formula is C59H66O15. The van der Waals surface area contributed by atoms with E-state index in [1.54, 1.807) is 14.2 Å². The summed E-state index contributed by atoms with van der Waals surface area (Å²) < 4.78 is 82.6. The van der Waals surface area contributed by atoms with E-state index in [0.717, 1.165) is 44.9 Å². The average molecular weight is 1020 g/mol. The fraction of sp³-hybridized carbons (Fsp3) is 0.390. The summed E-state index contributed by atoms with van der Waals surface area (Å²) in [6.07, 6.45) is -11.6. The standard InChI is InChI=1S/C59H66O15/c1-62-46-27-23-44(24-28-46)31-64-37-48-53(66-33-40-15-7-3-8-16-40)55(68-35-42-19-11-5-12-20-42)58(72-48)70-39-50-52(51(60)57(61)71-50)74-59-56(69-36-43-21-13-6-14-22-43)54(67-34-41-17-9-4-10-18-41)49(73-59)38-65-32-45-25-29-47(63-2)30-26-45/h3-30,48-61H,31-39H2,1-2H3/t48-,49-,50-,51+,52-,53-,54-,55+,56+,57+,58+,59-/m1/s1. The van der Waals surface area contributed by atoms with E-state index in [-0.39, 0.29) is 46.2 Å². The molecule has 0 aliphatic carbocycles. The van der Waals surface area contributed by atoms with Crippen LogP contribution in [0.4, 0.5) is 0 Å². The lowest BCUT2D eigenvalue weighted by atomic mass is 10.1. The highest BCUT2D eigenvalue weighted by molar-refractivity contribution is 5.28. The van der Waals surface area contributed by atoms with Gasteiger partial charge in [0, 0.05) is 0 Å². The van der Waals surface area contributed by atoms with Crippen molar-refractivity contribution in [3.63, 3.8) is 0 Å². The van der Waals surface area contributed by atoms with E-state index >= 15 is 0 Å². The number of ether oxygens (including phenoxy) is 13. The van der Waals surface area contributed by atoms with Crippen LogP contribution in [0.15, 0.2) is 170 Å². The van der Waals surface area contributed by atoms with Crippen LogP contribution in [-0.4, -0.2) is 118 Å². The number of benzene rings is 6. The highest BCUT2D eigenvalue weighted by Gasteiger charge is 2.53. The van der Waals surface area contributed by atoms with Gasteiger partial charge in [-0.15, -0.1) is 0 Å². The van der Waals surface area contributed by atoms with Gasteiger partial charge in [0.1, 0.15) is 66.4 Å². The lowest BCUT2D eigenvalue weighted by molar-refractivity contribution is -0.236. The number of aliphatic hydroxyl groups is 2. The van der Waals surface area contributed by atoms with E-state index in [0.29, 0.717) is 13.2 Å². The van der Waals surface area contributed by atoms with Gasteiger partial charge in [0.15, 0.2) is 18.9 Å². The Morgan fingerprint density at radius 1 is 0.351 bits per heavy atom. The largest absolute Gasteiger partial charge is 0.497 e. The predicted octanol–water partition coefficient (Wildman–Crippen LogP) is 7.71. The van der Waals surface area contributed by atoms with Crippen molar-refractivity contribution in [2.75, 3.05) is 34.0 Å². The molecule has 0 aromatic heterocycles. The molecule has 9 rings (SSSR count). The van der Waals surface area contributed by atoms with Gasteiger partial charge < -0.3 is 71.8 Å². The minimum Gasteiger partial charge on any atom is -0.497 e. The molecule has 2 N–H and O–H groups in total. The second-order valence-corrected chi connectivity index (χ2v) is 18.3. The van der Waals surface area contributed by atoms with Crippen molar-refractivity contribution in [2.24, 2.45) is 0 Å². The Morgan fingerprint density at radius 2 is 0.703 bits per heavy atom. The second kappa shape index (κ2) is 27.3. The average Bonchev–Trinajstić information content (AvgIpc) is 4.06. The first-order valence-electron chi connectivity index (χ1n) is 25.0. The van der Waals surface area contributed by atoms with Gasteiger partial charge in [0.05, 0.1) is 73.7 Å². The Bertz CT molecular complexity index is 2510. The van der Waals surface area contributed by atoms with Crippen LogP contribution in [0.25, 0.3) is 0 Å². The van der Waals surface area contributed by atoms with Crippen LogP contribution in [0, 0.1) is 0 Å². The maximum atomic E-state index is 11.6. The van der Waals surface area contributed by atoms with Gasteiger partial charge in [-0.3, -0.25) is 0 Å². The van der Waals surface area contributed by atoms with Crippen molar-refractivity contribution in [3.05, 3.63) is 203 Å². The molecule has 15 heteroatoms. The third kappa shape index (κ3) is 14.6. The molecule has 6 aromatic carbocycles. The lowest BCUT2D eigenvalue weighted by Crippen LogP contribution is -2.45. The molecule has 0 spiro atoms. The highest BCUT2D eigenvalue weighted by Crippen LogP contribution is 2.36. The van der Waals surface area contributed by atoms with Gasteiger partial charge in [0.2, 0.25) is 0 Å². The highest BCUT2D eigenvalue weighted by atomic mass is 16.8. The summed E-state index contributed by atoms with van der Waals surface area (Å²) in [5.41, 5.74) is 5.70. The van der Waals surface area contributed by atoms with Crippen LogP contribution in [-0.2, 0) is 91.7 Å². The number of hydrogen-bond donors (Lipinski definition) is 2. The van der Waals surface area contributed by atoms with Gasteiger partial charge in [-0.25, -0.2) is 0 Å². The van der Waals surface area contributed by atoms with Crippen molar-refractivity contribution < 1.29 is 71.8 Å². The number of hydrogen-bond acceptors (Lipinski definition) is 15.